The standard InChI is InChI=1S/C16H17N5O3S/c1-7(2)11-5-10(13-8(3)21-24-15(13)19-11)14(23)20-16-18-9(6-25-16)4-12(17)22/h5-7H,4H2,1-3H3,(H2,17,22)(H,18,20,23). The van der Waals surface area contributed by atoms with Crippen molar-refractivity contribution < 1.29 is 14.1 Å². The van der Waals surface area contributed by atoms with Crippen LogP contribution in [0.4, 0.5) is 5.13 Å². The van der Waals surface area contributed by atoms with Crippen LogP contribution in [0.1, 0.15) is 47.2 Å². The highest BCUT2D eigenvalue weighted by Crippen LogP contribution is 2.26. The van der Waals surface area contributed by atoms with Gasteiger partial charge in [-0.25, -0.2) is 9.97 Å². The summed E-state index contributed by atoms with van der Waals surface area (Å²) in [5.74, 6) is -0.676. The molecule has 0 spiro atoms. The Bertz CT molecular complexity index is 960. The molecule has 3 rings (SSSR count). The average Bonchev–Trinajstić information content (AvgIpc) is 3.12. The molecule has 0 aliphatic carbocycles. The summed E-state index contributed by atoms with van der Waals surface area (Å²) >= 11 is 1.23. The van der Waals surface area contributed by atoms with Crippen molar-refractivity contribution in [3.05, 3.63) is 34.1 Å². The molecule has 0 bridgehead atoms. The minimum atomic E-state index is -0.472. The Morgan fingerprint density at radius 3 is 2.80 bits per heavy atom. The van der Waals surface area contributed by atoms with E-state index < -0.39 is 5.91 Å². The zero-order chi connectivity index (χ0) is 18.1. The number of nitrogens with one attached hydrogen (secondary N) is 1. The minimum absolute atomic E-state index is 0.0358. The molecule has 0 unspecified atom stereocenters. The van der Waals surface area contributed by atoms with Gasteiger partial charge in [-0.1, -0.05) is 19.0 Å². The molecule has 0 saturated carbocycles. The van der Waals surface area contributed by atoms with Gasteiger partial charge in [0.1, 0.15) is 0 Å². The Hall–Kier alpha value is -2.81. The number of amides is 2. The summed E-state index contributed by atoms with van der Waals surface area (Å²) < 4.78 is 5.22. The highest BCUT2D eigenvalue weighted by molar-refractivity contribution is 7.14. The van der Waals surface area contributed by atoms with E-state index in [9.17, 15) is 9.59 Å². The minimum Gasteiger partial charge on any atom is -0.369 e. The number of nitrogens with two attached hydrogens (primary N) is 1. The molecule has 130 valence electrons. The number of carbonyl (C=O) groups is 2. The molecular weight excluding hydrogens is 342 g/mol. The molecule has 0 radical (unpaired) electrons. The van der Waals surface area contributed by atoms with Crippen LogP contribution >= 0.6 is 11.3 Å². The molecule has 3 aromatic rings. The molecule has 3 aromatic heterocycles. The van der Waals surface area contributed by atoms with Crippen molar-refractivity contribution in [2.45, 2.75) is 33.1 Å². The van der Waals surface area contributed by atoms with Gasteiger partial charge in [0.25, 0.3) is 11.6 Å². The molecule has 9 heteroatoms. The number of primary amides is 1. The highest BCUT2D eigenvalue weighted by Gasteiger charge is 2.20. The fourth-order valence-electron chi connectivity index (χ4n) is 2.38. The second-order valence-corrected chi connectivity index (χ2v) is 6.80. The van der Waals surface area contributed by atoms with E-state index >= 15 is 0 Å². The predicted octanol–water partition coefficient (Wildman–Crippen LogP) is 2.39. The highest BCUT2D eigenvalue weighted by atomic mass is 32.1. The molecule has 0 saturated heterocycles. The number of fused-ring (bicyclic) bond motifs is 1. The van der Waals surface area contributed by atoms with E-state index in [1.807, 2.05) is 13.8 Å². The van der Waals surface area contributed by atoms with E-state index in [4.69, 9.17) is 10.3 Å². The van der Waals surface area contributed by atoms with Crippen LogP contribution < -0.4 is 11.1 Å². The Morgan fingerprint density at radius 2 is 2.12 bits per heavy atom. The van der Waals surface area contributed by atoms with E-state index in [2.05, 4.69) is 20.4 Å². The molecule has 3 heterocycles. The number of rotatable bonds is 5. The van der Waals surface area contributed by atoms with E-state index in [1.165, 1.54) is 11.3 Å². The fraction of sp³-hybridized carbons (Fsp3) is 0.312. The molecule has 8 nitrogen and oxygen atoms in total. The Balaban J connectivity index is 1.94. The maximum atomic E-state index is 12.8. The monoisotopic (exact) mass is 359 g/mol. The van der Waals surface area contributed by atoms with Crippen molar-refractivity contribution in [1.29, 1.82) is 0 Å². The summed E-state index contributed by atoms with van der Waals surface area (Å²) in [4.78, 5) is 32.3. The molecular formula is C16H17N5O3S. The van der Waals surface area contributed by atoms with Crippen LogP contribution in [-0.4, -0.2) is 26.9 Å². The van der Waals surface area contributed by atoms with E-state index in [0.717, 1.165) is 5.69 Å². The average molecular weight is 359 g/mol. The number of anilines is 1. The van der Waals surface area contributed by atoms with Crippen molar-refractivity contribution >= 4 is 39.4 Å². The maximum Gasteiger partial charge on any atom is 0.259 e. The third-order valence-electron chi connectivity index (χ3n) is 3.60. The number of aromatic nitrogens is 3. The van der Waals surface area contributed by atoms with Gasteiger partial charge in [0, 0.05) is 11.1 Å². The molecule has 0 aliphatic heterocycles. The van der Waals surface area contributed by atoms with Crippen molar-refractivity contribution in [3.63, 3.8) is 0 Å². The first-order valence-corrected chi connectivity index (χ1v) is 8.54. The lowest BCUT2D eigenvalue weighted by atomic mass is 10.0. The molecule has 2 amide bonds. The third-order valence-corrected chi connectivity index (χ3v) is 4.41. The predicted molar refractivity (Wildman–Crippen MR) is 93.6 cm³/mol. The van der Waals surface area contributed by atoms with Crippen molar-refractivity contribution in [2.24, 2.45) is 5.73 Å². The van der Waals surface area contributed by atoms with Crippen molar-refractivity contribution in [3.8, 4) is 0 Å². The van der Waals surface area contributed by atoms with Gasteiger partial charge in [0.15, 0.2) is 5.13 Å². The lowest BCUT2D eigenvalue weighted by Gasteiger charge is -2.08. The zero-order valence-corrected chi connectivity index (χ0v) is 14.8. The van der Waals surface area contributed by atoms with Crippen LogP contribution in [0.5, 0.6) is 0 Å². The quantitative estimate of drug-likeness (QED) is 0.721. The summed E-state index contributed by atoms with van der Waals surface area (Å²) in [5.41, 5.74) is 7.77. The van der Waals surface area contributed by atoms with E-state index in [1.54, 1.807) is 18.4 Å². The number of nitrogens with zero attached hydrogens (tertiary/aromatic N) is 3. The SMILES string of the molecule is Cc1noc2nc(C(C)C)cc(C(=O)Nc3nc(CC(N)=O)cs3)c12. The number of carbonyl (C=O) groups excluding carboxylic acids is 2. The van der Waals surface area contributed by atoms with Crippen LogP contribution in [0.15, 0.2) is 16.0 Å². The van der Waals surface area contributed by atoms with Crippen LogP contribution in [0.25, 0.3) is 11.1 Å². The van der Waals surface area contributed by atoms with Gasteiger partial charge < -0.3 is 10.3 Å². The molecule has 0 atom stereocenters. The molecule has 3 N–H and O–H groups in total. The summed E-state index contributed by atoms with van der Waals surface area (Å²) in [6.07, 6.45) is 0.0358. The van der Waals surface area contributed by atoms with Gasteiger partial charge in [-0.05, 0) is 18.9 Å². The lowest BCUT2D eigenvalue weighted by Crippen LogP contribution is -2.15. The molecule has 25 heavy (non-hydrogen) atoms. The normalized spacial score (nSPS) is 11.2. The van der Waals surface area contributed by atoms with Crippen molar-refractivity contribution in [1.82, 2.24) is 15.1 Å². The summed E-state index contributed by atoms with van der Waals surface area (Å²) in [6.45, 7) is 5.72. The van der Waals surface area contributed by atoms with Crippen LogP contribution in [-0.2, 0) is 11.2 Å². The van der Waals surface area contributed by atoms with Crippen LogP contribution in [0, 0.1) is 6.92 Å². The van der Waals surface area contributed by atoms with Gasteiger partial charge >= 0.3 is 0 Å². The first-order chi connectivity index (χ1) is 11.8. The number of hydrogen-bond acceptors (Lipinski definition) is 7. The van der Waals surface area contributed by atoms with E-state index in [-0.39, 0.29) is 18.2 Å². The van der Waals surface area contributed by atoms with Gasteiger partial charge in [-0.15, -0.1) is 11.3 Å². The van der Waals surface area contributed by atoms with Gasteiger partial charge in [0.2, 0.25) is 5.91 Å². The topological polar surface area (TPSA) is 124 Å². The zero-order valence-electron chi connectivity index (χ0n) is 14.0. The van der Waals surface area contributed by atoms with Crippen LogP contribution in [0.2, 0.25) is 0 Å². The van der Waals surface area contributed by atoms with E-state index in [0.29, 0.717) is 33.2 Å². The summed E-state index contributed by atoms with van der Waals surface area (Å²) in [5, 5.41) is 9.31. The Morgan fingerprint density at radius 1 is 1.36 bits per heavy atom. The second kappa shape index (κ2) is 6.60. The van der Waals surface area contributed by atoms with Crippen LogP contribution in [0.3, 0.4) is 0 Å². The third kappa shape index (κ3) is 3.50. The molecule has 0 aliphatic rings. The Labute approximate surface area is 147 Å². The lowest BCUT2D eigenvalue weighted by molar-refractivity contribution is -0.117. The first-order valence-electron chi connectivity index (χ1n) is 7.66. The van der Waals surface area contributed by atoms with Gasteiger partial charge in [0.05, 0.1) is 28.8 Å². The maximum absolute atomic E-state index is 12.8. The summed E-state index contributed by atoms with van der Waals surface area (Å²) in [6, 6.07) is 1.74. The molecule has 0 fully saturated rings. The van der Waals surface area contributed by atoms with Gasteiger partial charge in [-0.3, -0.25) is 14.9 Å². The first kappa shape index (κ1) is 17.0. The summed E-state index contributed by atoms with van der Waals surface area (Å²) in [7, 11) is 0. The van der Waals surface area contributed by atoms with Gasteiger partial charge in [-0.2, -0.15) is 0 Å². The number of pyridine rings is 1. The number of thiazole rings is 1. The second-order valence-electron chi connectivity index (χ2n) is 5.94. The largest absolute Gasteiger partial charge is 0.369 e. The number of hydrogen-bond donors (Lipinski definition) is 2. The molecule has 0 aromatic carbocycles. The Kier molecular flexibility index (Phi) is 4.49. The number of aryl methyl sites for hydroxylation is 1. The smallest absolute Gasteiger partial charge is 0.259 e. The van der Waals surface area contributed by atoms with Crippen molar-refractivity contribution in [2.75, 3.05) is 5.32 Å². The fourth-order valence-corrected chi connectivity index (χ4v) is 3.08.